The topological polar surface area (TPSA) is 85.1 Å². The van der Waals surface area contributed by atoms with E-state index in [0.29, 0.717) is 0 Å². The number of hydrogen-bond acceptors (Lipinski definition) is 5. The van der Waals surface area contributed by atoms with Gasteiger partial charge in [-0.1, -0.05) is 0 Å². The lowest BCUT2D eigenvalue weighted by Crippen LogP contribution is -1.87. The van der Waals surface area contributed by atoms with Gasteiger partial charge in [0.15, 0.2) is 5.56 Å². The fourth-order valence-corrected chi connectivity index (χ4v) is 0.530. The van der Waals surface area contributed by atoms with Crippen LogP contribution in [0.4, 0.5) is 5.88 Å². The van der Waals surface area contributed by atoms with Gasteiger partial charge in [0.2, 0.25) is 5.88 Å². The van der Waals surface area contributed by atoms with E-state index in [1.807, 2.05) is 0 Å². The SMILES string of the molecule is COc1noc(N)c1C#N. The summed E-state index contributed by atoms with van der Waals surface area (Å²) in [6.45, 7) is 0. The van der Waals surface area contributed by atoms with Gasteiger partial charge < -0.3 is 15.0 Å². The monoisotopic (exact) mass is 139 g/mol. The van der Waals surface area contributed by atoms with Crippen LogP contribution in [0, 0.1) is 11.3 Å². The highest BCUT2D eigenvalue weighted by atomic mass is 16.5. The molecule has 1 rings (SSSR count). The first kappa shape index (κ1) is 6.42. The zero-order chi connectivity index (χ0) is 7.56. The summed E-state index contributed by atoms with van der Waals surface area (Å²) in [5.74, 6) is 0.111. The van der Waals surface area contributed by atoms with Gasteiger partial charge in [-0.2, -0.15) is 5.26 Å². The minimum absolute atomic E-state index is 0.0145. The zero-order valence-electron chi connectivity index (χ0n) is 5.29. The third-order valence-corrected chi connectivity index (χ3v) is 0.992. The molecule has 0 bridgehead atoms. The maximum absolute atomic E-state index is 8.41. The van der Waals surface area contributed by atoms with Gasteiger partial charge in [-0.15, -0.1) is 0 Å². The van der Waals surface area contributed by atoms with Gasteiger partial charge >= 0.3 is 0 Å². The first-order chi connectivity index (χ1) is 4.79. The van der Waals surface area contributed by atoms with Crippen molar-refractivity contribution in [2.24, 2.45) is 0 Å². The Bertz CT molecular complexity index is 273. The second-order valence-electron chi connectivity index (χ2n) is 1.54. The Morgan fingerprint density at radius 1 is 1.80 bits per heavy atom. The van der Waals surface area contributed by atoms with E-state index in [2.05, 4.69) is 14.4 Å². The zero-order valence-corrected chi connectivity index (χ0v) is 5.29. The van der Waals surface area contributed by atoms with Crippen LogP contribution >= 0.6 is 0 Å². The van der Waals surface area contributed by atoms with Crippen LogP contribution in [0.1, 0.15) is 5.56 Å². The molecule has 10 heavy (non-hydrogen) atoms. The van der Waals surface area contributed by atoms with E-state index in [4.69, 9.17) is 11.0 Å². The molecule has 0 fully saturated rings. The highest BCUT2D eigenvalue weighted by molar-refractivity contribution is 5.51. The van der Waals surface area contributed by atoms with E-state index in [1.165, 1.54) is 7.11 Å². The summed E-state index contributed by atoms with van der Waals surface area (Å²) in [5.41, 5.74) is 5.34. The molecular weight excluding hydrogens is 134 g/mol. The Labute approximate surface area is 57.0 Å². The van der Waals surface area contributed by atoms with Crippen LogP contribution in [0.3, 0.4) is 0 Å². The van der Waals surface area contributed by atoms with Crippen LogP contribution in [-0.4, -0.2) is 12.3 Å². The van der Waals surface area contributed by atoms with Gasteiger partial charge in [0.1, 0.15) is 6.07 Å². The van der Waals surface area contributed by atoms with Gasteiger partial charge in [-0.25, -0.2) is 0 Å². The van der Waals surface area contributed by atoms with Crippen LogP contribution in [0.15, 0.2) is 4.52 Å². The summed E-state index contributed by atoms with van der Waals surface area (Å²) >= 11 is 0. The number of nitriles is 1. The quantitative estimate of drug-likeness (QED) is 0.598. The van der Waals surface area contributed by atoms with Crippen LogP contribution in [0.2, 0.25) is 0 Å². The van der Waals surface area contributed by atoms with E-state index in [-0.39, 0.29) is 17.3 Å². The van der Waals surface area contributed by atoms with E-state index in [0.717, 1.165) is 0 Å². The van der Waals surface area contributed by atoms with Gasteiger partial charge in [-0.3, -0.25) is 0 Å². The molecule has 1 aromatic heterocycles. The number of methoxy groups -OCH3 is 1. The Hall–Kier alpha value is -1.70. The second-order valence-corrected chi connectivity index (χ2v) is 1.54. The molecule has 1 heterocycles. The number of nitrogen functional groups attached to an aromatic ring is 1. The molecule has 0 aliphatic carbocycles. The predicted octanol–water partition coefficient (Wildman–Crippen LogP) is 0.137. The molecule has 52 valence electrons. The molecule has 5 heteroatoms. The van der Waals surface area contributed by atoms with Crippen molar-refractivity contribution in [2.75, 3.05) is 12.8 Å². The Balaban J connectivity index is 3.17. The molecule has 0 spiro atoms. The molecule has 0 unspecified atom stereocenters. The van der Waals surface area contributed by atoms with Gasteiger partial charge in [0, 0.05) is 0 Å². The fraction of sp³-hybridized carbons (Fsp3) is 0.200. The van der Waals surface area contributed by atoms with Gasteiger partial charge in [0.05, 0.1) is 7.11 Å². The standard InChI is InChI=1S/C5H5N3O2/c1-9-5-3(2-6)4(7)10-8-5/h7H2,1H3. The molecule has 0 aliphatic rings. The Morgan fingerprint density at radius 2 is 2.50 bits per heavy atom. The third-order valence-electron chi connectivity index (χ3n) is 0.992. The first-order valence-corrected chi connectivity index (χ1v) is 2.48. The van der Waals surface area contributed by atoms with Crippen LogP contribution < -0.4 is 10.5 Å². The van der Waals surface area contributed by atoms with Crippen molar-refractivity contribution in [3.63, 3.8) is 0 Å². The number of hydrogen-bond donors (Lipinski definition) is 1. The summed E-state index contributed by atoms with van der Waals surface area (Å²) in [6, 6.07) is 1.79. The molecule has 0 saturated heterocycles. The Kier molecular flexibility index (Phi) is 1.46. The number of rotatable bonds is 1. The van der Waals surface area contributed by atoms with Gasteiger partial charge in [0.25, 0.3) is 5.88 Å². The van der Waals surface area contributed by atoms with Crippen LogP contribution in [-0.2, 0) is 0 Å². The van der Waals surface area contributed by atoms with Crippen molar-refractivity contribution in [1.29, 1.82) is 5.26 Å². The van der Waals surface area contributed by atoms with E-state index in [9.17, 15) is 0 Å². The lowest BCUT2D eigenvalue weighted by molar-refractivity contribution is 0.343. The van der Waals surface area contributed by atoms with Crippen molar-refractivity contribution in [1.82, 2.24) is 5.16 Å². The lowest BCUT2D eigenvalue weighted by atomic mass is 10.3. The summed E-state index contributed by atoms with van der Waals surface area (Å²) in [5, 5.41) is 11.8. The fourth-order valence-electron chi connectivity index (χ4n) is 0.530. The summed E-state index contributed by atoms with van der Waals surface area (Å²) in [4.78, 5) is 0. The largest absolute Gasteiger partial charge is 0.478 e. The normalized spacial score (nSPS) is 8.80. The molecule has 0 amide bonds. The molecule has 0 saturated carbocycles. The van der Waals surface area contributed by atoms with Crippen molar-refractivity contribution < 1.29 is 9.26 Å². The van der Waals surface area contributed by atoms with Crippen LogP contribution in [0.25, 0.3) is 0 Å². The average molecular weight is 139 g/mol. The lowest BCUT2D eigenvalue weighted by Gasteiger charge is -1.87. The highest BCUT2D eigenvalue weighted by Gasteiger charge is 2.12. The Morgan fingerprint density at radius 3 is 2.90 bits per heavy atom. The smallest absolute Gasteiger partial charge is 0.274 e. The summed E-state index contributed by atoms with van der Waals surface area (Å²) < 4.78 is 9.11. The minimum Gasteiger partial charge on any atom is -0.478 e. The summed E-state index contributed by atoms with van der Waals surface area (Å²) in [6.07, 6.45) is 0. The average Bonchev–Trinajstić information content (AvgIpc) is 2.30. The number of anilines is 1. The maximum atomic E-state index is 8.41. The van der Waals surface area contributed by atoms with Crippen molar-refractivity contribution in [2.45, 2.75) is 0 Å². The highest BCUT2D eigenvalue weighted by Crippen LogP contribution is 2.20. The molecule has 2 N–H and O–H groups in total. The minimum atomic E-state index is -0.0145. The van der Waals surface area contributed by atoms with E-state index >= 15 is 0 Å². The molecule has 0 atom stereocenters. The van der Waals surface area contributed by atoms with Crippen molar-refractivity contribution in [3.05, 3.63) is 5.56 Å². The molecule has 0 aliphatic heterocycles. The van der Waals surface area contributed by atoms with E-state index in [1.54, 1.807) is 6.07 Å². The summed E-state index contributed by atoms with van der Waals surface area (Å²) in [7, 11) is 1.39. The van der Waals surface area contributed by atoms with Crippen molar-refractivity contribution >= 4 is 5.88 Å². The molecule has 5 nitrogen and oxygen atoms in total. The van der Waals surface area contributed by atoms with Crippen LogP contribution in [0.5, 0.6) is 5.88 Å². The number of aromatic nitrogens is 1. The molecule has 0 radical (unpaired) electrons. The third kappa shape index (κ3) is 0.756. The number of ether oxygens (including phenoxy) is 1. The molecule has 0 aromatic carbocycles. The number of nitrogens with zero attached hydrogens (tertiary/aromatic N) is 2. The predicted molar refractivity (Wildman–Crippen MR) is 32.2 cm³/mol. The second kappa shape index (κ2) is 2.27. The van der Waals surface area contributed by atoms with Crippen molar-refractivity contribution in [3.8, 4) is 11.9 Å². The van der Waals surface area contributed by atoms with Gasteiger partial charge in [-0.05, 0) is 5.16 Å². The molecule has 1 aromatic rings. The number of nitrogens with two attached hydrogens (primary N) is 1. The first-order valence-electron chi connectivity index (χ1n) is 2.48. The van der Waals surface area contributed by atoms with E-state index < -0.39 is 0 Å². The maximum Gasteiger partial charge on any atom is 0.274 e. The molecular formula is C5H5N3O2.